The summed E-state index contributed by atoms with van der Waals surface area (Å²) < 4.78 is 26.8. The first kappa shape index (κ1) is 19.4. The topological polar surface area (TPSA) is 105 Å². The average molecular weight is 388 g/mol. The van der Waals surface area contributed by atoms with Crippen molar-refractivity contribution in [1.82, 2.24) is 9.88 Å². The highest BCUT2D eigenvalue weighted by molar-refractivity contribution is 6.39. The molecule has 28 heavy (non-hydrogen) atoms. The van der Waals surface area contributed by atoms with Crippen LogP contribution in [0.1, 0.15) is 41.2 Å². The van der Waals surface area contributed by atoms with Gasteiger partial charge in [0.2, 0.25) is 5.91 Å². The van der Waals surface area contributed by atoms with Gasteiger partial charge in [0.1, 0.15) is 0 Å². The molecule has 1 aromatic heterocycles. The quantitative estimate of drug-likeness (QED) is 0.786. The van der Waals surface area contributed by atoms with Crippen molar-refractivity contribution in [2.75, 3.05) is 11.9 Å². The molecule has 1 aromatic carbocycles. The average Bonchev–Trinajstić information content (AvgIpc) is 2.69. The number of primary amides is 1. The summed E-state index contributed by atoms with van der Waals surface area (Å²) in [5, 5.41) is 2.39. The van der Waals surface area contributed by atoms with E-state index in [1.807, 2.05) is 0 Å². The smallest absolute Gasteiger partial charge is 0.313 e. The Hall–Kier alpha value is -3.36. The SMILES string of the molecule is NC(=O)c1cncc(NC(=O)C(=O)N2CCCC[C@H]2c2ccc(F)c(F)c2)c1. The molecule has 2 heterocycles. The highest BCUT2D eigenvalue weighted by Gasteiger charge is 2.32. The van der Waals surface area contributed by atoms with Gasteiger partial charge in [0.25, 0.3) is 0 Å². The van der Waals surface area contributed by atoms with Crippen LogP contribution in [-0.2, 0) is 9.59 Å². The first-order valence-electron chi connectivity index (χ1n) is 8.68. The number of nitrogens with one attached hydrogen (secondary N) is 1. The summed E-state index contributed by atoms with van der Waals surface area (Å²) in [6, 6.07) is 4.24. The van der Waals surface area contributed by atoms with E-state index in [1.54, 1.807) is 0 Å². The summed E-state index contributed by atoms with van der Waals surface area (Å²) in [4.78, 5) is 41.4. The van der Waals surface area contributed by atoms with E-state index in [1.165, 1.54) is 29.4 Å². The van der Waals surface area contributed by atoms with Crippen LogP contribution in [-0.4, -0.2) is 34.2 Å². The van der Waals surface area contributed by atoms with Crippen molar-refractivity contribution < 1.29 is 23.2 Å². The number of piperidine rings is 1. The van der Waals surface area contributed by atoms with Crippen molar-refractivity contribution in [2.24, 2.45) is 5.73 Å². The Labute approximate surface area is 159 Å². The van der Waals surface area contributed by atoms with Gasteiger partial charge in [-0.2, -0.15) is 0 Å². The number of pyridine rings is 1. The maximum atomic E-state index is 13.6. The lowest BCUT2D eigenvalue weighted by Gasteiger charge is -2.35. The second-order valence-electron chi connectivity index (χ2n) is 6.46. The fraction of sp³-hybridized carbons (Fsp3) is 0.263. The predicted molar refractivity (Wildman–Crippen MR) is 96.0 cm³/mol. The van der Waals surface area contributed by atoms with E-state index < -0.39 is 35.4 Å². The molecule has 3 amide bonds. The maximum Gasteiger partial charge on any atom is 0.313 e. The van der Waals surface area contributed by atoms with Crippen LogP contribution in [0.3, 0.4) is 0 Å². The summed E-state index contributed by atoms with van der Waals surface area (Å²) >= 11 is 0. The van der Waals surface area contributed by atoms with Crippen LogP contribution in [0.5, 0.6) is 0 Å². The first-order chi connectivity index (χ1) is 13.4. The number of hydrogen-bond donors (Lipinski definition) is 2. The largest absolute Gasteiger partial charge is 0.366 e. The molecule has 3 N–H and O–H groups in total. The van der Waals surface area contributed by atoms with Crippen molar-refractivity contribution in [3.8, 4) is 0 Å². The fourth-order valence-electron chi connectivity index (χ4n) is 3.20. The Balaban J connectivity index is 1.78. The maximum absolute atomic E-state index is 13.6. The molecule has 9 heteroatoms. The van der Waals surface area contributed by atoms with Gasteiger partial charge in [-0.25, -0.2) is 8.78 Å². The summed E-state index contributed by atoms with van der Waals surface area (Å²) in [6.45, 7) is 0.315. The Morgan fingerprint density at radius 2 is 1.89 bits per heavy atom. The number of carbonyl (C=O) groups is 3. The van der Waals surface area contributed by atoms with E-state index in [0.29, 0.717) is 24.9 Å². The first-order valence-corrected chi connectivity index (χ1v) is 8.68. The number of nitrogens with zero attached hydrogens (tertiary/aromatic N) is 2. The minimum Gasteiger partial charge on any atom is -0.366 e. The Morgan fingerprint density at radius 1 is 1.11 bits per heavy atom. The van der Waals surface area contributed by atoms with Gasteiger partial charge in [-0.1, -0.05) is 6.07 Å². The Bertz CT molecular complexity index is 935. The third-order valence-electron chi connectivity index (χ3n) is 4.57. The third kappa shape index (κ3) is 4.13. The molecule has 1 fully saturated rings. The molecule has 146 valence electrons. The zero-order valence-corrected chi connectivity index (χ0v) is 14.8. The van der Waals surface area contributed by atoms with Crippen molar-refractivity contribution >= 4 is 23.4 Å². The number of carbonyl (C=O) groups excluding carboxylic acids is 3. The second kappa shape index (κ2) is 8.12. The molecule has 3 rings (SSSR count). The van der Waals surface area contributed by atoms with Crippen LogP contribution in [0, 0.1) is 11.6 Å². The Kier molecular flexibility index (Phi) is 5.62. The highest BCUT2D eigenvalue weighted by atomic mass is 19.2. The van der Waals surface area contributed by atoms with Crippen molar-refractivity contribution in [2.45, 2.75) is 25.3 Å². The molecule has 7 nitrogen and oxygen atoms in total. The van der Waals surface area contributed by atoms with Gasteiger partial charge in [0.05, 0.1) is 23.5 Å². The van der Waals surface area contributed by atoms with E-state index in [2.05, 4.69) is 10.3 Å². The van der Waals surface area contributed by atoms with Gasteiger partial charge in [-0.3, -0.25) is 19.4 Å². The van der Waals surface area contributed by atoms with Gasteiger partial charge >= 0.3 is 11.8 Å². The van der Waals surface area contributed by atoms with Gasteiger partial charge in [-0.15, -0.1) is 0 Å². The normalized spacial score (nSPS) is 16.5. The lowest BCUT2D eigenvalue weighted by Crippen LogP contribution is -2.44. The van der Waals surface area contributed by atoms with Crippen LogP contribution in [0.25, 0.3) is 0 Å². The van der Waals surface area contributed by atoms with Crippen LogP contribution >= 0.6 is 0 Å². The molecule has 0 radical (unpaired) electrons. The van der Waals surface area contributed by atoms with E-state index in [0.717, 1.165) is 18.6 Å². The molecule has 1 saturated heterocycles. The number of halogens is 2. The van der Waals surface area contributed by atoms with Crippen LogP contribution in [0.15, 0.2) is 36.7 Å². The second-order valence-corrected chi connectivity index (χ2v) is 6.46. The van der Waals surface area contributed by atoms with Crippen LogP contribution in [0.2, 0.25) is 0 Å². The number of anilines is 1. The van der Waals surface area contributed by atoms with Crippen molar-refractivity contribution in [3.05, 3.63) is 59.4 Å². The summed E-state index contributed by atoms with van der Waals surface area (Å²) in [6.07, 6.45) is 4.53. The zero-order valence-electron chi connectivity index (χ0n) is 14.8. The summed E-state index contributed by atoms with van der Waals surface area (Å²) in [5.74, 6) is -4.42. The number of rotatable bonds is 3. The molecule has 1 aliphatic heterocycles. The number of hydrogen-bond acceptors (Lipinski definition) is 4. The van der Waals surface area contributed by atoms with Crippen molar-refractivity contribution in [1.29, 1.82) is 0 Å². The lowest BCUT2D eigenvalue weighted by atomic mass is 9.95. The molecule has 0 saturated carbocycles. The molecular formula is C19H18F2N4O3. The number of likely N-dealkylation sites (tertiary alicyclic amines) is 1. The highest BCUT2D eigenvalue weighted by Crippen LogP contribution is 2.31. The Morgan fingerprint density at radius 3 is 2.61 bits per heavy atom. The molecule has 0 bridgehead atoms. The summed E-state index contributed by atoms with van der Waals surface area (Å²) in [5.41, 5.74) is 5.83. The number of aromatic nitrogens is 1. The van der Waals surface area contributed by atoms with E-state index in [-0.39, 0.29) is 11.3 Å². The summed E-state index contributed by atoms with van der Waals surface area (Å²) in [7, 11) is 0. The predicted octanol–water partition coefficient (Wildman–Crippen LogP) is 2.15. The van der Waals surface area contributed by atoms with E-state index in [4.69, 9.17) is 5.73 Å². The molecule has 0 aliphatic carbocycles. The number of amides is 3. The molecule has 1 atom stereocenters. The molecule has 2 aromatic rings. The standard InChI is InChI=1S/C19H18F2N4O3/c20-14-5-4-11(8-15(14)21)16-3-1-2-6-25(16)19(28)18(27)24-13-7-12(17(22)26)9-23-10-13/h4-5,7-10,16H,1-3,6H2,(H2,22,26)(H,24,27)/t16-/m0/s1. The lowest BCUT2D eigenvalue weighted by molar-refractivity contribution is -0.145. The number of nitrogens with two attached hydrogens (primary N) is 1. The molecule has 0 spiro atoms. The van der Waals surface area contributed by atoms with Gasteiger partial charge < -0.3 is 16.0 Å². The van der Waals surface area contributed by atoms with E-state index in [9.17, 15) is 23.2 Å². The minimum atomic E-state index is -1.01. The number of benzene rings is 1. The van der Waals surface area contributed by atoms with Crippen molar-refractivity contribution in [3.63, 3.8) is 0 Å². The molecule has 0 unspecified atom stereocenters. The molecular weight excluding hydrogens is 370 g/mol. The van der Waals surface area contributed by atoms with Crippen LogP contribution < -0.4 is 11.1 Å². The van der Waals surface area contributed by atoms with Gasteiger partial charge in [0.15, 0.2) is 11.6 Å². The monoisotopic (exact) mass is 388 g/mol. The molecule has 1 aliphatic rings. The van der Waals surface area contributed by atoms with Crippen LogP contribution in [0.4, 0.5) is 14.5 Å². The van der Waals surface area contributed by atoms with Gasteiger partial charge in [-0.05, 0) is 43.0 Å². The fourth-order valence-corrected chi connectivity index (χ4v) is 3.20. The zero-order chi connectivity index (χ0) is 20.3. The van der Waals surface area contributed by atoms with E-state index >= 15 is 0 Å². The minimum absolute atomic E-state index is 0.0860. The van der Waals surface area contributed by atoms with Gasteiger partial charge in [0, 0.05) is 12.7 Å². The third-order valence-corrected chi connectivity index (χ3v) is 4.57.